The van der Waals surface area contributed by atoms with Crippen molar-refractivity contribution in [2.45, 2.75) is 11.9 Å². The number of hydrogen-bond acceptors (Lipinski definition) is 3. The molecule has 3 aromatic carbocycles. The Balaban J connectivity index is 2.01. The summed E-state index contributed by atoms with van der Waals surface area (Å²) in [5, 5.41) is 3.90. The van der Waals surface area contributed by atoms with E-state index in [4.69, 9.17) is 0 Å². The molecule has 4 aromatic rings. The lowest BCUT2D eigenvalue weighted by atomic mass is 9.97. The molecule has 1 unspecified atom stereocenters. The molecule has 0 bridgehead atoms. The lowest BCUT2D eigenvalue weighted by Crippen LogP contribution is -2.08. The van der Waals surface area contributed by atoms with Crippen LogP contribution in [0.2, 0.25) is 0 Å². The minimum Gasteiger partial charge on any atom is -0.772 e. The summed E-state index contributed by atoms with van der Waals surface area (Å²) in [6.45, 7) is 0. The Morgan fingerprint density at radius 1 is 0.875 bits per heavy atom. The molecule has 0 saturated carbocycles. The molecule has 0 fully saturated rings. The molecule has 164 valence electrons. The Hall–Kier alpha value is -3.30. The van der Waals surface area contributed by atoms with Gasteiger partial charge in [0.05, 0.1) is 11.4 Å². The Morgan fingerprint density at radius 3 is 2.03 bits per heavy atom. The van der Waals surface area contributed by atoms with Crippen LogP contribution in [0.3, 0.4) is 0 Å². The van der Waals surface area contributed by atoms with Crippen LogP contribution < -0.4 is 0 Å². The lowest BCUT2D eigenvalue weighted by molar-refractivity contribution is -0.140. The minimum atomic E-state index is -4.77. The number of hydrogen-bond donors (Lipinski definition) is 0. The first-order valence-electron chi connectivity index (χ1n) is 9.41. The van der Waals surface area contributed by atoms with Crippen molar-refractivity contribution < 1.29 is 26.3 Å². The molecule has 32 heavy (non-hydrogen) atoms. The average molecular weight is 459 g/mol. The van der Waals surface area contributed by atoms with E-state index in [0.29, 0.717) is 16.8 Å². The number of para-hydroxylation sites is 1. The number of benzene rings is 3. The third-order valence-electron chi connectivity index (χ3n) is 4.80. The van der Waals surface area contributed by atoms with Crippen LogP contribution >= 0.6 is 0 Å². The second-order valence-electron chi connectivity index (χ2n) is 6.97. The largest absolute Gasteiger partial charge is 0.772 e. The molecule has 0 aliphatic rings. The number of rotatable bonds is 5. The molecule has 0 aliphatic carbocycles. The molecule has 0 N–H and O–H groups in total. The van der Waals surface area contributed by atoms with Crippen molar-refractivity contribution in [3.05, 3.63) is 95.9 Å². The van der Waals surface area contributed by atoms with Crippen LogP contribution in [0.25, 0.3) is 28.1 Å². The van der Waals surface area contributed by atoms with Gasteiger partial charge in [0.15, 0.2) is 5.69 Å². The van der Waals surface area contributed by atoms with Crippen molar-refractivity contribution in [3.8, 4) is 28.1 Å². The highest BCUT2D eigenvalue weighted by Gasteiger charge is 2.40. The van der Waals surface area contributed by atoms with E-state index in [1.54, 1.807) is 42.5 Å². The molecule has 0 spiro atoms. The molecule has 0 radical (unpaired) electrons. The van der Waals surface area contributed by atoms with Gasteiger partial charge in [-0.3, -0.25) is 4.21 Å². The molecule has 4 rings (SSSR count). The van der Waals surface area contributed by atoms with Gasteiger partial charge in [-0.05, 0) is 35.4 Å². The van der Waals surface area contributed by atoms with Gasteiger partial charge in [0.1, 0.15) is 5.82 Å². The fourth-order valence-electron chi connectivity index (χ4n) is 3.42. The standard InChI is InChI=1S/C23H16F4N2O2S/c24-18-12-10-16(11-13-18)20-21(17-8-6-15(7-9-17)14-32(30)31)29(19-4-2-1-3-5-19)28-22(20)23(25,26)27/h1-13H,14H2,(H,30,31)/p-1. The van der Waals surface area contributed by atoms with E-state index < -0.39 is 28.8 Å². The SMILES string of the molecule is O=S([O-])Cc1ccc(-c2c(-c3ccc(F)cc3)c(C(F)(F)F)nn2-c2ccccc2)cc1. The van der Waals surface area contributed by atoms with E-state index >= 15 is 0 Å². The maximum atomic E-state index is 14.0. The number of aromatic nitrogens is 2. The summed E-state index contributed by atoms with van der Waals surface area (Å²) in [4.78, 5) is 0. The van der Waals surface area contributed by atoms with Crippen molar-refractivity contribution in [3.63, 3.8) is 0 Å². The third-order valence-corrected chi connectivity index (χ3v) is 5.37. The Bertz CT molecular complexity index is 1250. The minimum absolute atomic E-state index is 0.153. The molecule has 9 heteroatoms. The van der Waals surface area contributed by atoms with Crippen molar-refractivity contribution in [1.82, 2.24) is 9.78 Å². The van der Waals surface area contributed by atoms with E-state index in [1.165, 1.54) is 28.9 Å². The van der Waals surface area contributed by atoms with Crippen LogP contribution in [0, 0.1) is 5.82 Å². The second-order valence-corrected chi connectivity index (χ2v) is 7.87. The van der Waals surface area contributed by atoms with Gasteiger partial charge < -0.3 is 4.55 Å². The van der Waals surface area contributed by atoms with Gasteiger partial charge >= 0.3 is 6.18 Å². The Kier molecular flexibility index (Phi) is 5.94. The molecule has 1 aromatic heterocycles. The predicted molar refractivity (Wildman–Crippen MR) is 112 cm³/mol. The number of nitrogens with zero attached hydrogens (tertiary/aromatic N) is 2. The van der Waals surface area contributed by atoms with Crippen LogP contribution in [-0.2, 0) is 23.0 Å². The summed E-state index contributed by atoms with van der Waals surface area (Å²) < 4.78 is 78.7. The molecule has 0 aliphatic heterocycles. The van der Waals surface area contributed by atoms with Crippen LogP contribution in [-0.4, -0.2) is 18.5 Å². The van der Waals surface area contributed by atoms with E-state index in [-0.39, 0.29) is 22.6 Å². The van der Waals surface area contributed by atoms with Crippen molar-refractivity contribution >= 4 is 11.1 Å². The third kappa shape index (κ3) is 4.49. The first kappa shape index (κ1) is 21.9. The Morgan fingerprint density at radius 2 is 1.47 bits per heavy atom. The zero-order valence-electron chi connectivity index (χ0n) is 16.3. The van der Waals surface area contributed by atoms with Crippen molar-refractivity contribution in [2.24, 2.45) is 0 Å². The first-order chi connectivity index (χ1) is 15.2. The quantitative estimate of drug-likeness (QED) is 0.282. The maximum Gasteiger partial charge on any atom is 0.435 e. The molecule has 4 nitrogen and oxygen atoms in total. The highest BCUT2D eigenvalue weighted by atomic mass is 32.2. The van der Waals surface area contributed by atoms with E-state index in [2.05, 4.69) is 5.10 Å². The van der Waals surface area contributed by atoms with Crippen LogP contribution in [0.1, 0.15) is 11.3 Å². The summed E-state index contributed by atoms with van der Waals surface area (Å²) in [5.74, 6) is -0.786. The monoisotopic (exact) mass is 459 g/mol. The van der Waals surface area contributed by atoms with Gasteiger partial charge in [0, 0.05) is 16.9 Å². The summed E-state index contributed by atoms with van der Waals surface area (Å²) in [6, 6.07) is 19.2. The predicted octanol–water partition coefficient (Wildman–Crippen LogP) is 5.74. The fourth-order valence-corrected chi connectivity index (χ4v) is 3.89. The van der Waals surface area contributed by atoms with Gasteiger partial charge in [-0.2, -0.15) is 18.3 Å². The molecule has 0 saturated heterocycles. The van der Waals surface area contributed by atoms with E-state index in [0.717, 1.165) is 12.1 Å². The molecule has 1 atom stereocenters. The van der Waals surface area contributed by atoms with Gasteiger partial charge in [-0.1, -0.05) is 65.7 Å². The van der Waals surface area contributed by atoms with Crippen LogP contribution in [0.4, 0.5) is 17.6 Å². The summed E-state index contributed by atoms with van der Waals surface area (Å²) in [5.41, 5.74) is 0.315. The highest BCUT2D eigenvalue weighted by Crippen LogP contribution is 2.43. The average Bonchev–Trinajstić information content (AvgIpc) is 3.16. The smallest absolute Gasteiger partial charge is 0.435 e. The van der Waals surface area contributed by atoms with Crippen molar-refractivity contribution in [1.29, 1.82) is 0 Å². The van der Waals surface area contributed by atoms with Gasteiger partial charge in [0.2, 0.25) is 0 Å². The normalized spacial score (nSPS) is 12.7. The summed E-state index contributed by atoms with van der Waals surface area (Å²) in [6.07, 6.45) is -4.77. The fraction of sp³-hybridized carbons (Fsp3) is 0.0870. The van der Waals surface area contributed by atoms with Gasteiger partial charge in [-0.25, -0.2) is 9.07 Å². The molecular weight excluding hydrogens is 444 g/mol. The molecule has 1 heterocycles. The van der Waals surface area contributed by atoms with Crippen LogP contribution in [0.15, 0.2) is 78.9 Å². The van der Waals surface area contributed by atoms with Gasteiger partial charge in [-0.15, -0.1) is 0 Å². The second kappa shape index (κ2) is 8.68. The van der Waals surface area contributed by atoms with E-state index in [9.17, 15) is 26.3 Å². The van der Waals surface area contributed by atoms with Crippen molar-refractivity contribution in [2.75, 3.05) is 0 Å². The Labute approximate surface area is 183 Å². The molecule has 0 amide bonds. The highest BCUT2D eigenvalue weighted by molar-refractivity contribution is 7.78. The zero-order chi connectivity index (χ0) is 22.9. The first-order valence-corrected chi connectivity index (χ1v) is 10.6. The lowest BCUT2D eigenvalue weighted by Gasteiger charge is -2.12. The summed E-state index contributed by atoms with van der Waals surface area (Å²) in [7, 11) is 0. The zero-order valence-corrected chi connectivity index (χ0v) is 17.2. The summed E-state index contributed by atoms with van der Waals surface area (Å²) >= 11 is -2.30. The van der Waals surface area contributed by atoms with Crippen LogP contribution in [0.5, 0.6) is 0 Å². The van der Waals surface area contributed by atoms with Gasteiger partial charge in [0.25, 0.3) is 0 Å². The molecular formula is C23H15F4N2O2S-. The van der Waals surface area contributed by atoms with E-state index in [1.807, 2.05) is 0 Å². The number of halogens is 4. The number of alkyl halides is 3. The topological polar surface area (TPSA) is 57.9 Å². The maximum absolute atomic E-state index is 14.0.